The fourth-order valence-electron chi connectivity index (χ4n) is 1.98. The van der Waals surface area contributed by atoms with Crippen molar-refractivity contribution >= 4 is 5.82 Å². The van der Waals surface area contributed by atoms with Gasteiger partial charge >= 0.3 is 0 Å². The quantitative estimate of drug-likeness (QED) is 0.724. The van der Waals surface area contributed by atoms with Crippen LogP contribution < -0.4 is 10.2 Å². The summed E-state index contributed by atoms with van der Waals surface area (Å²) in [6, 6.07) is 1.72. The maximum atomic E-state index is 14.5. The van der Waals surface area contributed by atoms with Gasteiger partial charge in [0.25, 0.3) is 0 Å². The van der Waals surface area contributed by atoms with Crippen LogP contribution in [0.15, 0.2) is 12.3 Å². The third-order valence-electron chi connectivity index (χ3n) is 3.27. The average Bonchev–Trinajstić information content (AvgIpc) is 2.41. The van der Waals surface area contributed by atoms with E-state index in [9.17, 15) is 4.39 Å². The molecule has 0 spiro atoms. The molecule has 4 nitrogen and oxygen atoms in total. The number of hydrogen-bond donors (Lipinski definition) is 2. The largest absolute Gasteiger partial charge is 0.396 e. The summed E-state index contributed by atoms with van der Waals surface area (Å²) < 4.78 is 14.5. The maximum absolute atomic E-state index is 14.5. The summed E-state index contributed by atoms with van der Waals surface area (Å²) in [7, 11) is 1.85. The number of hydrogen-bond acceptors (Lipinski definition) is 4. The number of nitrogens with zero attached hydrogens (tertiary/aromatic N) is 2. The third kappa shape index (κ3) is 6.40. The highest BCUT2D eigenvalue weighted by atomic mass is 19.1. The molecule has 0 saturated heterocycles. The zero-order chi connectivity index (χ0) is 15.9. The van der Waals surface area contributed by atoms with Crippen LogP contribution in [0.2, 0.25) is 0 Å². The lowest BCUT2D eigenvalue weighted by atomic mass is 10.1. The molecule has 0 aliphatic rings. The molecule has 0 unspecified atom stereocenters. The number of aliphatic hydroxyl groups excluding tert-OH is 1. The van der Waals surface area contributed by atoms with Crippen LogP contribution >= 0.6 is 0 Å². The van der Waals surface area contributed by atoms with Gasteiger partial charge in [-0.3, -0.25) is 0 Å². The molecule has 0 saturated carbocycles. The Hall–Kier alpha value is -1.20. The van der Waals surface area contributed by atoms with Gasteiger partial charge < -0.3 is 15.3 Å². The standard InChI is InChI=1S/C16H28FN3O/c1-16(2,3)19-12-13-8-9-18-15(14(13)17)20(4)10-6-5-7-11-21/h8-9,19,21H,5-7,10-12H2,1-4H3. The summed E-state index contributed by atoms with van der Waals surface area (Å²) in [6.07, 6.45) is 4.30. The number of nitrogens with one attached hydrogen (secondary N) is 1. The molecule has 21 heavy (non-hydrogen) atoms. The topological polar surface area (TPSA) is 48.4 Å². The Morgan fingerprint density at radius 1 is 1.29 bits per heavy atom. The van der Waals surface area contributed by atoms with Crippen LogP contribution in [0, 0.1) is 5.82 Å². The Balaban J connectivity index is 2.66. The molecule has 0 bridgehead atoms. The van der Waals surface area contributed by atoms with E-state index in [0.29, 0.717) is 17.9 Å². The van der Waals surface area contributed by atoms with Gasteiger partial charge in [-0.05, 0) is 46.1 Å². The molecule has 5 heteroatoms. The zero-order valence-electron chi connectivity index (χ0n) is 13.6. The van der Waals surface area contributed by atoms with Crippen LogP contribution in [0.25, 0.3) is 0 Å². The van der Waals surface area contributed by atoms with Gasteiger partial charge in [-0.2, -0.15) is 0 Å². The second-order valence-electron chi connectivity index (χ2n) is 6.42. The second kappa shape index (κ2) is 8.29. The van der Waals surface area contributed by atoms with E-state index in [1.54, 1.807) is 12.3 Å². The lowest BCUT2D eigenvalue weighted by molar-refractivity contribution is 0.283. The Morgan fingerprint density at radius 3 is 2.62 bits per heavy atom. The average molecular weight is 297 g/mol. The van der Waals surface area contributed by atoms with Crippen LogP contribution in [-0.2, 0) is 6.54 Å². The number of pyridine rings is 1. The molecule has 1 aromatic heterocycles. The van der Waals surface area contributed by atoms with Gasteiger partial charge in [0.1, 0.15) is 0 Å². The number of unbranched alkanes of at least 4 members (excludes halogenated alkanes) is 2. The summed E-state index contributed by atoms with van der Waals surface area (Å²) in [5, 5.41) is 12.1. The lowest BCUT2D eigenvalue weighted by Gasteiger charge is -2.23. The maximum Gasteiger partial charge on any atom is 0.170 e. The number of anilines is 1. The van der Waals surface area contributed by atoms with Crippen molar-refractivity contribution in [3.63, 3.8) is 0 Å². The molecule has 1 aromatic rings. The van der Waals surface area contributed by atoms with Crippen LogP contribution in [0.3, 0.4) is 0 Å². The van der Waals surface area contributed by atoms with E-state index in [2.05, 4.69) is 31.1 Å². The van der Waals surface area contributed by atoms with E-state index in [1.165, 1.54) is 0 Å². The molecular weight excluding hydrogens is 269 g/mol. The minimum Gasteiger partial charge on any atom is -0.396 e. The Morgan fingerprint density at radius 2 is 2.00 bits per heavy atom. The smallest absolute Gasteiger partial charge is 0.170 e. The van der Waals surface area contributed by atoms with Crippen molar-refractivity contribution in [1.82, 2.24) is 10.3 Å². The molecule has 0 amide bonds. The van der Waals surface area contributed by atoms with Crippen molar-refractivity contribution in [2.75, 3.05) is 25.1 Å². The van der Waals surface area contributed by atoms with Gasteiger partial charge in [-0.25, -0.2) is 9.37 Å². The highest BCUT2D eigenvalue weighted by Gasteiger charge is 2.15. The highest BCUT2D eigenvalue weighted by molar-refractivity contribution is 5.42. The molecular formula is C16H28FN3O. The van der Waals surface area contributed by atoms with Gasteiger partial charge in [0.05, 0.1) is 0 Å². The zero-order valence-corrected chi connectivity index (χ0v) is 13.6. The fraction of sp³-hybridized carbons (Fsp3) is 0.688. The lowest BCUT2D eigenvalue weighted by Crippen LogP contribution is -2.35. The molecule has 0 radical (unpaired) electrons. The first kappa shape index (κ1) is 17.9. The van der Waals surface area contributed by atoms with Crippen molar-refractivity contribution in [3.8, 4) is 0 Å². The summed E-state index contributed by atoms with van der Waals surface area (Å²) in [5.41, 5.74) is 0.587. The number of rotatable bonds is 8. The Labute approximate surface area is 127 Å². The van der Waals surface area contributed by atoms with Crippen molar-refractivity contribution in [2.24, 2.45) is 0 Å². The molecule has 120 valence electrons. The second-order valence-corrected chi connectivity index (χ2v) is 6.42. The number of aromatic nitrogens is 1. The first-order valence-corrected chi connectivity index (χ1v) is 7.55. The highest BCUT2D eigenvalue weighted by Crippen LogP contribution is 2.19. The van der Waals surface area contributed by atoms with Gasteiger partial charge in [-0.1, -0.05) is 0 Å². The van der Waals surface area contributed by atoms with Crippen LogP contribution in [0.4, 0.5) is 10.2 Å². The minimum absolute atomic E-state index is 0.0495. The van der Waals surface area contributed by atoms with Crippen LogP contribution in [0.1, 0.15) is 45.6 Å². The molecule has 1 heterocycles. The van der Waals surface area contributed by atoms with Crippen molar-refractivity contribution in [1.29, 1.82) is 0 Å². The summed E-state index contributed by atoms with van der Waals surface area (Å²) >= 11 is 0. The first-order chi connectivity index (χ1) is 9.85. The summed E-state index contributed by atoms with van der Waals surface area (Å²) in [6.45, 7) is 7.61. The SMILES string of the molecule is CN(CCCCCO)c1nccc(CNC(C)(C)C)c1F. The van der Waals surface area contributed by atoms with Crippen molar-refractivity contribution in [2.45, 2.75) is 52.1 Å². The molecule has 2 N–H and O–H groups in total. The molecule has 0 aliphatic carbocycles. The normalized spacial score (nSPS) is 11.7. The predicted molar refractivity (Wildman–Crippen MR) is 85.0 cm³/mol. The Kier molecular flexibility index (Phi) is 7.05. The molecule has 0 fully saturated rings. The van der Waals surface area contributed by atoms with E-state index in [0.717, 1.165) is 25.8 Å². The predicted octanol–water partition coefficient (Wildman–Crippen LogP) is 2.71. The van der Waals surface area contributed by atoms with E-state index >= 15 is 0 Å². The van der Waals surface area contributed by atoms with Crippen molar-refractivity contribution < 1.29 is 9.50 Å². The van der Waals surface area contributed by atoms with Gasteiger partial charge in [0, 0.05) is 44.0 Å². The molecule has 0 aliphatic heterocycles. The van der Waals surface area contributed by atoms with Crippen LogP contribution in [0.5, 0.6) is 0 Å². The van der Waals surface area contributed by atoms with E-state index in [1.807, 2.05) is 11.9 Å². The number of halogens is 1. The van der Waals surface area contributed by atoms with E-state index in [4.69, 9.17) is 5.11 Å². The third-order valence-corrected chi connectivity index (χ3v) is 3.27. The fourth-order valence-corrected chi connectivity index (χ4v) is 1.98. The number of aliphatic hydroxyl groups is 1. The monoisotopic (exact) mass is 297 g/mol. The first-order valence-electron chi connectivity index (χ1n) is 7.55. The van der Waals surface area contributed by atoms with Gasteiger partial charge in [0.15, 0.2) is 11.6 Å². The Bertz CT molecular complexity index is 432. The minimum atomic E-state index is -0.251. The van der Waals surface area contributed by atoms with Crippen molar-refractivity contribution in [3.05, 3.63) is 23.6 Å². The molecule has 0 aromatic carbocycles. The van der Waals surface area contributed by atoms with E-state index in [-0.39, 0.29) is 18.0 Å². The molecule has 1 rings (SSSR count). The van der Waals surface area contributed by atoms with Gasteiger partial charge in [0.2, 0.25) is 0 Å². The molecule has 0 atom stereocenters. The van der Waals surface area contributed by atoms with Crippen LogP contribution in [-0.4, -0.2) is 35.8 Å². The summed E-state index contributed by atoms with van der Waals surface area (Å²) in [4.78, 5) is 6.00. The van der Waals surface area contributed by atoms with Gasteiger partial charge in [-0.15, -0.1) is 0 Å². The van der Waals surface area contributed by atoms with E-state index < -0.39 is 0 Å². The summed E-state index contributed by atoms with van der Waals surface area (Å²) in [5.74, 6) is 0.145.